The molecule has 0 rings (SSSR count). The summed E-state index contributed by atoms with van der Waals surface area (Å²) in [6.07, 6.45) is 5.84. The Balaban J connectivity index is 4.27. The first-order valence-electron chi connectivity index (χ1n) is 4.72. The summed E-state index contributed by atoms with van der Waals surface area (Å²) in [5.74, 6) is 2.30. The van der Waals surface area contributed by atoms with Gasteiger partial charge >= 0.3 is 0 Å². The fourth-order valence-corrected chi connectivity index (χ4v) is 2.12. The Morgan fingerprint density at radius 1 is 1.33 bits per heavy atom. The summed E-state index contributed by atoms with van der Waals surface area (Å²) in [7, 11) is 1.48. The minimum absolute atomic E-state index is 0.0959. The zero-order valence-corrected chi connectivity index (χ0v) is 10.3. The quantitative estimate of drug-likeness (QED) is 0.469. The van der Waals surface area contributed by atoms with Crippen LogP contribution in [-0.4, -0.2) is 57.8 Å². The number of nitrogens with one attached hydrogen (secondary N) is 1. The molecule has 0 aliphatic heterocycles. The van der Waals surface area contributed by atoms with Crippen LogP contribution in [0.4, 0.5) is 0 Å². The Bertz CT molecular complexity index is 308. The first-order chi connectivity index (χ1) is 6.96. The van der Waals surface area contributed by atoms with Gasteiger partial charge in [-0.2, -0.15) is 17.0 Å². The van der Waals surface area contributed by atoms with Crippen molar-refractivity contribution in [2.75, 3.05) is 40.8 Å². The number of rotatable bonds is 7. The predicted molar refractivity (Wildman–Crippen MR) is 61.6 cm³/mol. The van der Waals surface area contributed by atoms with Crippen molar-refractivity contribution in [3.05, 3.63) is 0 Å². The molecule has 1 N–H and O–H groups in total. The normalized spacial score (nSPS) is 12.0. The average Bonchev–Trinajstić information content (AvgIpc) is 2.18. The van der Waals surface area contributed by atoms with E-state index in [1.54, 1.807) is 7.05 Å². The Morgan fingerprint density at radius 2 is 1.93 bits per heavy atom. The van der Waals surface area contributed by atoms with Crippen molar-refractivity contribution >= 4 is 10.2 Å². The van der Waals surface area contributed by atoms with Crippen LogP contribution in [0.5, 0.6) is 0 Å². The minimum atomic E-state index is -3.39. The maximum Gasteiger partial charge on any atom is 0.282 e. The summed E-state index contributed by atoms with van der Waals surface area (Å²) in [6, 6.07) is 0. The molecule has 0 unspecified atom stereocenters. The molecule has 0 aromatic heterocycles. The highest BCUT2D eigenvalue weighted by atomic mass is 32.2. The molecule has 0 saturated heterocycles. The summed E-state index contributed by atoms with van der Waals surface area (Å²) >= 11 is 0. The zero-order chi connectivity index (χ0) is 11.9. The molecule has 0 aromatic rings. The van der Waals surface area contributed by atoms with E-state index < -0.39 is 10.2 Å². The average molecular weight is 233 g/mol. The third-order valence-electron chi connectivity index (χ3n) is 2.00. The minimum Gasteiger partial charge on any atom is -0.320 e. The summed E-state index contributed by atoms with van der Waals surface area (Å²) in [4.78, 5) is 0. The highest BCUT2D eigenvalue weighted by molar-refractivity contribution is 7.86. The van der Waals surface area contributed by atoms with E-state index in [1.165, 1.54) is 11.4 Å². The standard InChI is InChI=1S/C9H19N3O2S/c1-5-8-11(3)15(13,14)12(4)9-6-7-10-2/h1,10H,6-9H2,2-4H3. The predicted octanol–water partition coefficient (Wildman–Crippen LogP) is -0.662. The van der Waals surface area contributed by atoms with Gasteiger partial charge < -0.3 is 5.32 Å². The summed E-state index contributed by atoms with van der Waals surface area (Å²) in [5.41, 5.74) is 0. The van der Waals surface area contributed by atoms with Crippen LogP contribution in [0.2, 0.25) is 0 Å². The SMILES string of the molecule is C#CCN(C)S(=O)(=O)N(C)CCCNC. The molecule has 5 nitrogen and oxygen atoms in total. The molecule has 0 fully saturated rings. The molecule has 6 heteroatoms. The molecule has 15 heavy (non-hydrogen) atoms. The molecule has 0 spiro atoms. The molecule has 88 valence electrons. The summed E-state index contributed by atoms with van der Waals surface area (Å²) < 4.78 is 26.0. The Kier molecular flexibility index (Phi) is 6.52. The van der Waals surface area contributed by atoms with Crippen LogP contribution < -0.4 is 5.32 Å². The molecule has 0 saturated carbocycles. The second kappa shape index (κ2) is 6.80. The monoisotopic (exact) mass is 233 g/mol. The summed E-state index contributed by atoms with van der Waals surface area (Å²) in [5, 5.41) is 2.96. The van der Waals surface area contributed by atoms with E-state index in [4.69, 9.17) is 6.42 Å². The van der Waals surface area contributed by atoms with Crippen molar-refractivity contribution in [1.82, 2.24) is 13.9 Å². The van der Waals surface area contributed by atoms with Crippen LogP contribution in [0.1, 0.15) is 6.42 Å². The van der Waals surface area contributed by atoms with Gasteiger partial charge in [-0.1, -0.05) is 5.92 Å². The van der Waals surface area contributed by atoms with Crippen LogP contribution >= 0.6 is 0 Å². The fraction of sp³-hybridized carbons (Fsp3) is 0.778. The van der Waals surface area contributed by atoms with Gasteiger partial charge in [0.2, 0.25) is 0 Å². The van der Waals surface area contributed by atoms with Gasteiger partial charge in [0.1, 0.15) is 0 Å². The van der Waals surface area contributed by atoms with Gasteiger partial charge in [0, 0.05) is 20.6 Å². The Hall–Kier alpha value is -0.610. The number of hydrogen-bond acceptors (Lipinski definition) is 3. The zero-order valence-electron chi connectivity index (χ0n) is 9.52. The smallest absolute Gasteiger partial charge is 0.282 e. The first kappa shape index (κ1) is 14.4. The third-order valence-corrected chi connectivity index (χ3v) is 3.89. The molecule has 0 heterocycles. The molecule has 0 aliphatic carbocycles. The van der Waals surface area contributed by atoms with Crippen molar-refractivity contribution < 1.29 is 8.42 Å². The van der Waals surface area contributed by atoms with E-state index in [0.29, 0.717) is 6.54 Å². The lowest BCUT2D eigenvalue weighted by molar-refractivity contribution is 0.403. The molecule has 0 amide bonds. The van der Waals surface area contributed by atoms with Crippen LogP contribution in [-0.2, 0) is 10.2 Å². The summed E-state index contributed by atoms with van der Waals surface area (Å²) in [6.45, 7) is 1.37. The maximum absolute atomic E-state index is 11.8. The van der Waals surface area contributed by atoms with Crippen molar-refractivity contribution in [3.8, 4) is 12.3 Å². The van der Waals surface area contributed by atoms with Gasteiger partial charge in [0.05, 0.1) is 6.54 Å². The fourth-order valence-electron chi connectivity index (χ4n) is 1.04. The largest absolute Gasteiger partial charge is 0.320 e. The highest BCUT2D eigenvalue weighted by Gasteiger charge is 2.21. The molecule has 0 aliphatic rings. The lowest BCUT2D eigenvalue weighted by atomic mass is 10.4. The van der Waals surface area contributed by atoms with Gasteiger partial charge in [-0.25, -0.2) is 0 Å². The van der Waals surface area contributed by atoms with Gasteiger partial charge in [-0.15, -0.1) is 6.42 Å². The molecule has 0 radical (unpaired) electrons. The van der Waals surface area contributed by atoms with Crippen LogP contribution in [0.15, 0.2) is 0 Å². The second-order valence-electron chi connectivity index (χ2n) is 3.25. The lowest BCUT2D eigenvalue weighted by Gasteiger charge is -2.22. The third kappa shape index (κ3) is 4.62. The Morgan fingerprint density at radius 3 is 2.40 bits per heavy atom. The molecule has 0 bridgehead atoms. The van der Waals surface area contributed by atoms with Gasteiger partial charge in [0.25, 0.3) is 10.2 Å². The number of hydrogen-bond donors (Lipinski definition) is 1. The van der Waals surface area contributed by atoms with E-state index in [0.717, 1.165) is 17.3 Å². The molecular formula is C9H19N3O2S. The lowest BCUT2D eigenvalue weighted by Crippen LogP contribution is -2.40. The van der Waals surface area contributed by atoms with E-state index in [1.807, 2.05) is 7.05 Å². The number of nitrogens with zero attached hydrogens (tertiary/aromatic N) is 2. The molecular weight excluding hydrogens is 214 g/mol. The van der Waals surface area contributed by atoms with E-state index in [9.17, 15) is 8.42 Å². The molecule has 0 atom stereocenters. The van der Waals surface area contributed by atoms with Crippen molar-refractivity contribution in [3.63, 3.8) is 0 Å². The van der Waals surface area contributed by atoms with E-state index in [-0.39, 0.29) is 6.54 Å². The van der Waals surface area contributed by atoms with Crippen molar-refractivity contribution in [1.29, 1.82) is 0 Å². The van der Waals surface area contributed by atoms with Crippen molar-refractivity contribution in [2.24, 2.45) is 0 Å². The highest BCUT2D eigenvalue weighted by Crippen LogP contribution is 2.03. The topological polar surface area (TPSA) is 52.7 Å². The van der Waals surface area contributed by atoms with Gasteiger partial charge in [-0.3, -0.25) is 0 Å². The Labute approximate surface area is 92.6 Å². The van der Waals surface area contributed by atoms with Gasteiger partial charge in [-0.05, 0) is 20.0 Å². The first-order valence-corrected chi connectivity index (χ1v) is 6.12. The second-order valence-corrected chi connectivity index (χ2v) is 5.39. The van der Waals surface area contributed by atoms with Crippen LogP contribution in [0.25, 0.3) is 0 Å². The van der Waals surface area contributed by atoms with Gasteiger partial charge in [0.15, 0.2) is 0 Å². The van der Waals surface area contributed by atoms with Crippen LogP contribution in [0.3, 0.4) is 0 Å². The van der Waals surface area contributed by atoms with E-state index >= 15 is 0 Å². The maximum atomic E-state index is 11.8. The number of terminal acetylenes is 1. The molecule has 0 aromatic carbocycles. The van der Waals surface area contributed by atoms with E-state index in [2.05, 4.69) is 11.2 Å². The van der Waals surface area contributed by atoms with Crippen molar-refractivity contribution in [2.45, 2.75) is 6.42 Å². The van der Waals surface area contributed by atoms with Crippen LogP contribution in [0, 0.1) is 12.3 Å².